The molecule has 154 valence electrons. The Balaban J connectivity index is 1.24. The molecule has 0 radical (unpaired) electrons. The molecule has 4 rings (SSSR count). The summed E-state index contributed by atoms with van der Waals surface area (Å²) in [6.07, 6.45) is 4.69. The van der Waals surface area contributed by atoms with Crippen molar-refractivity contribution in [2.75, 3.05) is 25.0 Å². The summed E-state index contributed by atoms with van der Waals surface area (Å²) in [7, 11) is 0. The highest BCUT2D eigenvalue weighted by Crippen LogP contribution is 2.20. The predicted octanol–water partition coefficient (Wildman–Crippen LogP) is 3.79. The fourth-order valence-electron chi connectivity index (χ4n) is 3.86. The second-order valence-corrected chi connectivity index (χ2v) is 7.80. The zero-order valence-electron chi connectivity index (χ0n) is 17.4. The molecule has 3 aromatic rings. The standard InChI is InChI=1S/C25H28N4O/c1-19-16-26-12-10-24(19)27-13-14-28-25(30)22-8-6-20(7-9-22)17-29-15-11-21-4-2-3-5-23(21)18-29/h2-10,12,16H,11,13-15,17-18H2,1H3,(H,26,27)(H,28,30). The zero-order chi connectivity index (χ0) is 20.8. The van der Waals surface area contributed by atoms with Crippen LogP contribution in [0.25, 0.3) is 0 Å². The van der Waals surface area contributed by atoms with E-state index in [0.29, 0.717) is 18.7 Å². The largest absolute Gasteiger partial charge is 0.383 e. The quantitative estimate of drug-likeness (QED) is 0.593. The number of hydrogen-bond donors (Lipinski definition) is 2. The number of fused-ring (bicyclic) bond motifs is 1. The highest BCUT2D eigenvalue weighted by Gasteiger charge is 2.15. The molecule has 2 N–H and O–H groups in total. The lowest BCUT2D eigenvalue weighted by atomic mass is 9.99. The van der Waals surface area contributed by atoms with Gasteiger partial charge in [0.1, 0.15) is 0 Å². The van der Waals surface area contributed by atoms with Gasteiger partial charge in [0.15, 0.2) is 0 Å². The van der Waals surface area contributed by atoms with Gasteiger partial charge in [-0.3, -0.25) is 14.7 Å². The first kappa shape index (κ1) is 20.1. The second-order valence-electron chi connectivity index (χ2n) is 7.80. The molecular formula is C25H28N4O. The number of carbonyl (C=O) groups excluding carboxylic acids is 1. The van der Waals surface area contributed by atoms with Gasteiger partial charge in [-0.05, 0) is 53.8 Å². The van der Waals surface area contributed by atoms with Crippen molar-refractivity contribution in [2.45, 2.75) is 26.4 Å². The Kier molecular flexibility index (Phi) is 6.40. The molecule has 0 saturated heterocycles. The van der Waals surface area contributed by atoms with Gasteiger partial charge in [-0.15, -0.1) is 0 Å². The van der Waals surface area contributed by atoms with Crippen molar-refractivity contribution >= 4 is 11.6 Å². The first-order valence-electron chi connectivity index (χ1n) is 10.5. The first-order valence-corrected chi connectivity index (χ1v) is 10.5. The smallest absolute Gasteiger partial charge is 0.251 e. The molecule has 1 aliphatic heterocycles. The van der Waals surface area contributed by atoms with Gasteiger partial charge in [-0.1, -0.05) is 36.4 Å². The Labute approximate surface area is 178 Å². The Morgan fingerprint density at radius 2 is 1.83 bits per heavy atom. The maximum absolute atomic E-state index is 12.4. The molecule has 2 heterocycles. The van der Waals surface area contributed by atoms with Crippen LogP contribution in [0, 0.1) is 6.92 Å². The van der Waals surface area contributed by atoms with Gasteiger partial charge in [0.25, 0.3) is 5.91 Å². The lowest BCUT2D eigenvalue weighted by molar-refractivity contribution is 0.0955. The van der Waals surface area contributed by atoms with Gasteiger partial charge >= 0.3 is 0 Å². The minimum atomic E-state index is -0.0401. The predicted molar refractivity (Wildman–Crippen MR) is 120 cm³/mol. The molecule has 0 spiro atoms. The van der Waals surface area contributed by atoms with Gasteiger partial charge in [0, 0.05) is 56.4 Å². The average molecular weight is 401 g/mol. The number of aromatic nitrogens is 1. The topological polar surface area (TPSA) is 57.3 Å². The third-order valence-corrected chi connectivity index (χ3v) is 5.58. The number of nitrogens with one attached hydrogen (secondary N) is 2. The van der Waals surface area contributed by atoms with Crippen LogP contribution in [0.15, 0.2) is 67.0 Å². The van der Waals surface area contributed by atoms with E-state index in [1.54, 1.807) is 6.20 Å². The Morgan fingerprint density at radius 1 is 1.03 bits per heavy atom. The molecular weight excluding hydrogens is 372 g/mol. The van der Waals surface area contributed by atoms with E-state index >= 15 is 0 Å². The van der Waals surface area contributed by atoms with Crippen molar-refractivity contribution in [2.24, 2.45) is 0 Å². The van der Waals surface area contributed by atoms with Gasteiger partial charge in [-0.25, -0.2) is 0 Å². The lowest BCUT2D eigenvalue weighted by Crippen LogP contribution is -2.30. The summed E-state index contributed by atoms with van der Waals surface area (Å²) in [6, 6.07) is 18.6. The van der Waals surface area contributed by atoms with E-state index in [2.05, 4.69) is 56.9 Å². The number of hydrogen-bond acceptors (Lipinski definition) is 4. The number of pyridine rings is 1. The maximum atomic E-state index is 12.4. The van der Waals surface area contributed by atoms with Crippen molar-refractivity contribution in [1.82, 2.24) is 15.2 Å². The number of carbonyl (C=O) groups is 1. The van der Waals surface area contributed by atoms with E-state index in [-0.39, 0.29) is 5.91 Å². The summed E-state index contributed by atoms with van der Waals surface area (Å²) >= 11 is 0. The number of benzene rings is 2. The van der Waals surface area contributed by atoms with E-state index < -0.39 is 0 Å². The summed E-state index contributed by atoms with van der Waals surface area (Å²) in [5.74, 6) is -0.0401. The second kappa shape index (κ2) is 9.55. The van der Waals surface area contributed by atoms with Crippen LogP contribution in [-0.2, 0) is 19.5 Å². The molecule has 5 heteroatoms. The van der Waals surface area contributed by atoms with E-state index in [1.165, 1.54) is 16.7 Å². The molecule has 0 aliphatic carbocycles. The van der Waals surface area contributed by atoms with Crippen molar-refractivity contribution in [3.8, 4) is 0 Å². The third-order valence-electron chi connectivity index (χ3n) is 5.58. The molecule has 30 heavy (non-hydrogen) atoms. The molecule has 0 saturated carbocycles. The Bertz CT molecular complexity index is 1000. The normalized spacial score (nSPS) is 13.5. The number of anilines is 1. The zero-order valence-corrected chi connectivity index (χ0v) is 17.4. The van der Waals surface area contributed by atoms with Gasteiger partial charge in [-0.2, -0.15) is 0 Å². The van der Waals surface area contributed by atoms with Crippen LogP contribution < -0.4 is 10.6 Å². The highest BCUT2D eigenvalue weighted by atomic mass is 16.1. The van der Waals surface area contributed by atoms with Gasteiger partial charge in [0.05, 0.1) is 0 Å². The average Bonchev–Trinajstić information content (AvgIpc) is 2.78. The SMILES string of the molecule is Cc1cnccc1NCCNC(=O)c1ccc(CN2CCc3ccccc3C2)cc1. The van der Waals surface area contributed by atoms with E-state index in [0.717, 1.165) is 37.3 Å². The van der Waals surface area contributed by atoms with Gasteiger partial charge < -0.3 is 10.6 Å². The monoisotopic (exact) mass is 400 g/mol. The summed E-state index contributed by atoms with van der Waals surface area (Å²) < 4.78 is 0. The van der Waals surface area contributed by atoms with Crippen LogP contribution in [0.5, 0.6) is 0 Å². The van der Waals surface area contributed by atoms with Crippen LogP contribution in [0.1, 0.15) is 32.6 Å². The molecule has 1 aromatic heterocycles. The summed E-state index contributed by atoms with van der Waals surface area (Å²) in [5, 5.41) is 6.29. The van der Waals surface area contributed by atoms with E-state index in [4.69, 9.17) is 0 Å². The van der Waals surface area contributed by atoms with Crippen molar-refractivity contribution in [3.63, 3.8) is 0 Å². The number of amides is 1. The minimum absolute atomic E-state index is 0.0401. The fraction of sp³-hybridized carbons (Fsp3) is 0.280. The van der Waals surface area contributed by atoms with Crippen LogP contribution in [-0.4, -0.2) is 35.4 Å². The molecule has 0 unspecified atom stereocenters. The number of rotatable bonds is 7. The van der Waals surface area contributed by atoms with Gasteiger partial charge in [0.2, 0.25) is 0 Å². The van der Waals surface area contributed by atoms with Crippen molar-refractivity contribution in [3.05, 3.63) is 94.8 Å². The van der Waals surface area contributed by atoms with Crippen LogP contribution in [0.2, 0.25) is 0 Å². The molecule has 5 nitrogen and oxygen atoms in total. The van der Waals surface area contributed by atoms with E-state index in [1.807, 2.05) is 31.3 Å². The van der Waals surface area contributed by atoms with Crippen molar-refractivity contribution in [1.29, 1.82) is 0 Å². The number of aryl methyl sites for hydroxylation is 1. The highest BCUT2D eigenvalue weighted by molar-refractivity contribution is 5.94. The number of nitrogens with zero attached hydrogens (tertiary/aromatic N) is 2. The maximum Gasteiger partial charge on any atom is 0.251 e. The molecule has 0 bridgehead atoms. The Morgan fingerprint density at radius 3 is 2.63 bits per heavy atom. The van der Waals surface area contributed by atoms with Crippen LogP contribution in [0.4, 0.5) is 5.69 Å². The summed E-state index contributed by atoms with van der Waals surface area (Å²) in [4.78, 5) is 18.9. The molecule has 1 amide bonds. The fourth-order valence-corrected chi connectivity index (χ4v) is 3.86. The third kappa shape index (κ3) is 5.05. The van der Waals surface area contributed by atoms with Crippen LogP contribution in [0.3, 0.4) is 0 Å². The Hall–Kier alpha value is -3.18. The molecule has 1 aliphatic rings. The van der Waals surface area contributed by atoms with Crippen molar-refractivity contribution < 1.29 is 4.79 Å². The van der Waals surface area contributed by atoms with E-state index in [9.17, 15) is 4.79 Å². The lowest BCUT2D eigenvalue weighted by Gasteiger charge is -2.28. The minimum Gasteiger partial charge on any atom is -0.383 e. The first-order chi connectivity index (χ1) is 14.7. The molecule has 2 aromatic carbocycles. The van der Waals surface area contributed by atoms with Crippen LogP contribution >= 0.6 is 0 Å². The summed E-state index contributed by atoms with van der Waals surface area (Å²) in [5.41, 5.74) is 6.97. The summed E-state index contributed by atoms with van der Waals surface area (Å²) in [6.45, 7) is 6.22. The molecule has 0 atom stereocenters. The molecule has 0 fully saturated rings.